The van der Waals surface area contributed by atoms with E-state index in [4.69, 9.17) is 23.2 Å². The predicted octanol–water partition coefficient (Wildman–Crippen LogP) is 6.52. The SMILES string of the molecule is FC(F)(F)Cc1nc2cc(Cl)c(Cl)cc2n1Cc1cccc(C(F)(F)F)c1. The van der Waals surface area contributed by atoms with E-state index in [1.807, 2.05) is 0 Å². The van der Waals surface area contributed by atoms with Crippen molar-refractivity contribution in [3.63, 3.8) is 0 Å². The number of hydrogen-bond donors (Lipinski definition) is 0. The van der Waals surface area contributed by atoms with Gasteiger partial charge in [-0.25, -0.2) is 4.98 Å². The van der Waals surface area contributed by atoms with Crippen molar-refractivity contribution in [3.05, 3.63) is 63.4 Å². The van der Waals surface area contributed by atoms with Gasteiger partial charge in [0.15, 0.2) is 0 Å². The van der Waals surface area contributed by atoms with Gasteiger partial charge in [0, 0.05) is 6.54 Å². The largest absolute Gasteiger partial charge is 0.416 e. The third-order valence-electron chi connectivity index (χ3n) is 3.82. The third kappa shape index (κ3) is 4.50. The quantitative estimate of drug-likeness (QED) is 0.436. The van der Waals surface area contributed by atoms with Crippen LogP contribution in [0.5, 0.6) is 0 Å². The summed E-state index contributed by atoms with van der Waals surface area (Å²) in [5.74, 6) is -0.340. The van der Waals surface area contributed by atoms with Crippen LogP contribution >= 0.6 is 23.2 Å². The Morgan fingerprint density at radius 1 is 0.926 bits per heavy atom. The monoisotopic (exact) mass is 426 g/mol. The lowest BCUT2D eigenvalue weighted by atomic mass is 10.1. The van der Waals surface area contributed by atoms with Crippen molar-refractivity contribution in [1.29, 1.82) is 0 Å². The van der Waals surface area contributed by atoms with Crippen LogP contribution in [0.4, 0.5) is 26.3 Å². The highest BCUT2D eigenvalue weighted by molar-refractivity contribution is 6.42. The van der Waals surface area contributed by atoms with Crippen LogP contribution in [0.25, 0.3) is 11.0 Å². The fraction of sp³-hybridized carbons (Fsp3) is 0.235. The second kappa shape index (κ2) is 6.91. The zero-order valence-electron chi connectivity index (χ0n) is 13.3. The average molecular weight is 427 g/mol. The summed E-state index contributed by atoms with van der Waals surface area (Å²) in [5.41, 5.74) is -0.279. The van der Waals surface area contributed by atoms with E-state index in [0.29, 0.717) is 0 Å². The smallest absolute Gasteiger partial charge is 0.323 e. The van der Waals surface area contributed by atoms with Gasteiger partial charge < -0.3 is 4.57 Å². The van der Waals surface area contributed by atoms with E-state index in [1.165, 1.54) is 28.8 Å². The van der Waals surface area contributed by atoms with Gasteiger partial charge in [0.05, 0.1) is 26.6 Å². The molecule has 0 aliphatic carbocycles. The van der Waals surface area contributed by atoms with E-state index in [-0.39, 0.29) is 39.0 Å². The van der Waals surface area contributed by atoms with Crippen LogP contribution in [-0.4, -0.2) is 15.7 Å². The zero-order chi connectivity index (χ0) is 20.0. The zero-order valence-corrected chi connectivity index (χ0v) is 14.8. The molecule has 144 valence electrons. The molecule has 2 aromatic carbocycles. The van der Waals surface area contributed by atoms with Crippen molar-refractivity contribution >= 4 is 34.2 Å². The third-order valence-corrected chi connectivity index (χ3v) is 4.55. The normalized spacial score (nSPS) is 12.7. The molecule has 10 heteroatoms. The summed E-state index contributed by atoms with van der Waals surface area (Å²) in [5, 5.41) is 0.222. The Hall–Kier alpha value is -1.93. The lowest BCUT2D eigenvalue weighted by molar-refractivity contribution is -0.137. The van der Waals surface area contributed by atoms with Crippen LogP contribution in [0, 0.1) is 0 Å². The first-order chi connectivity index (χ1) is 12.4. The van der Waals surface area contributed by atoms with E-state index in [0.717, 1.165) is 12.1 Å². The number of nitrogens with zero attached hydrogens (tertiary/aromatic N) is 2. The number of hydrogen-bond acceptors (Lipinski definition) is 1. The van der Waals surface area contributed by atoms with Gasteiger partial charge in [-0.1, -0.05) is 35.3 Å². The maximum atomic E-state index is 12.9. The number of halogens is 8. The van der Waals surface area contributed by atoms with E-state index >= 15 is 0 Å². The van der Waals surface area contributed by atoms with Crippen LogP contribution < -0.4 is 0 Å². The Labute approximate surface area is 159 Å². The van der Waals surface area contributed by atoms with Gasteiger partial charge in [-0.2, -0.15) is 26.3 Å². The number of imidazole rings is 1. The summed E-state index contributed by atoms with van der Waals surface area (Å²) >= 11 is 11.8. The molecule has 0 spiro atoms. The van der Waals surface area contributed by atoms with Gasteiger partial charge in [-0.05, 0) is 29.8 Å². The fourth-order valence-corrected chi connectivity index (χ4v) is 3.01. The van der Waals surface area contributed by atoms with Crippen molar-refractivity contribution in [2.75, 3.05) is 0 Å². The number of aromatic nitrogens is 2. The minimum absolute atomic E-state index is 0.105. The Morgan fingerprint density at radius 2 is 1.59 bits per heavy atom. The van der Waals surface area contributed by atoms with Gasteiger partial charge in [-0.15, -0.1) is 0 Å². The Bertz CT molecular complexity index is 991. The summed E-state index contributed by atoms with van der Waals surface area (Å²) < 4.78 is 78.6. The maximum Gasteiger partial charge on any atom is 0.416 e. The van der Waals surface area contributed by atoms with Crippen molar-refractivity contribution in [2.45, 2.75) is 25.3 Å². The Kier molecular flexibility index (Phi) is 5.07. The molecule has 0 radical (unpaired) electrons. The Morgan fingerprint density at radius 3 is 2.22 bits per heavy atom. The minimum atomic E-state index is -4.56. The molecule has 0 unspecified atom stereocenters. The number of alkyl halides is 6. The van der Waals surface area contributed by atoms with E-state index < -0.39 is 24.3 Å². The molecule has 2 nitrogen and oxygen atoms in total. The predicted molar refractivity (Wildman–Crippen MR) is 90.1 cm³/mol. The van der Waals surface area contributed by atoms with E-state index in [9.17, 15) is 26.3 Å². The van der Waals surface area contributed by atoms with Crippen LogP contribution in [0.1, 0.15) is 17.0 Å². The first-order valence-electron chi connectivity index (χ1n) is 7.51. The van der Waals surface area contributed by atoms with Gasteiger partial charge >= 0.3 is 12.4 Å². The minimum Gasteiger partial charge on any atom is -0.323 e. The summed E-state index contributed by atoms with van der Waals surface area (Å²) in [7, 11) is 0. The van der Waals surface area contributed by atoms with Gasteiger partial charge in [-0.3, -0.25) is 0 Å². The number of benzene rings is 2. The molecular weight excluding hydrogens is 417 g/mol. The number of rotatable bonds is 3. The van der Waals surface area contributed by atoms with E-state index in [1.54, 1.807) is 0 Å². The van der Waals surface area contributed by atoms with Crippen LogP contribution in [0.15, 0.2) is 36.4 Å². The summed E-state index contributed by atoms with van der Waals surface area (Å²) in [4.78, 5) is 3.94. The number of fused-ring (bicyclic) bond motifs is 1. The van der Waals surface area contributed by atoms with Crippen LogP contribution in [0.2, 0.25) is 10.0 Å². The standard InChI is InChI=1S/C17H10Cl2F6N2/c18-11-5-13-14(6-12(11)19)27(15(26-13)7-16(20,21)22)8-9-2-1-3-10(4-9)17(23,24)25/h1-6H,7-8H2. The second-order valence-electron chi connectivity index (χ2n) is 5.86. The molecule has 0 N–H and O–H groups in total. The summed E-state index contributed by atoms with van der Waals surface area (Å²) in [6.45, 7) is -0.232. The molecule has 0 bridgehead atoms. The van der Waals surface area contributed by atoms with E-state index in [2.05, 4.69) is 4.98 Å². The average Bonchev–Trinajstić information content (AvgIpc) is 2.82. The molecular formula is C17H10Cl2F6N2. The molecule has 0 saturated carbocycles. The molecule has 0 atom stereocenters. The first kappa shape index (κ1) is 19.8. The van der Waals surface area contributed by atoms with Crippen molar-refractivity contribution < 1.29 is 26.3 Å². The van der Waals surface area contributed by atoms with Crippen LogP contribution in [-0.2, 0) is 19.1 Å². The fourth-order valence-electron chi connectivity index (χ4n) is 2.69. The molecule has 3 aromatic rings. The summed E-state index contributed by atoms with van der Waals surface area (Å²) in [6.07, 6.45) is -10.4. The first-order valence-corrected chi connectivity index (χ1v) is 8.27. The molecule has 0 fully saturated rings. The van der Waals surface area contributed by atoms with Gasteiger partial charge in [0.1, 0.15) is 12.2 Å². The molecule has 0 amide bonds. The van der Waals surface area contributed by atoms with Gasteiger partial charge in [0.25, 0.3) is 0 Å². The van der Waals surface area contributed by atoms with Crippen molar-refractivity contribution in [1.82, 2.24) is 9.55 Å². The highest BCUT2D eigenvalue weighted by Gasteiger charge is 2.32. The second-order valence-corrected chi connectivity index (χ2v) is 6.67. The summed E-state index contributed by atoms with van der Waals surface area (Å²) in [6, 6.07) is 7.05. The maximum absolute atomic E-state index is 12.9. The highest BCUT2D eigenvalue weighted by atomic mass is 35.5. The molecule has 0 aliphatic rings. The lowest BCUT2D eigenvalue weighted by Crippen LogP contribution is -2.17. The van der Waals surface area contributed by atoms with Crippen LogP contribution in [0.3, 0.4) is 0 Å². The Balaban J connectivity index is 2.11. The van der Waals surface area contributed by atoms with Crippen molar-refractivity contribution in [2.24, 2.45) is 0 Å². The molecule has 3 rings (SSSR count). The lowest BCUT2D eigenvalue weighted by Gasteiger charge is -2.13. The highest BCUT2D eigenvalue weighted by Crippen LogP contribution is 2.32. The topological polar surface area (TPSA) is 17.8 Å². The molecule has 0 saturated heterocycles. The van der Waals surface area contributed by atoms with Crippen molar-refractivity contribution in [3.8, 4) is 0 Å². The molecule has 0 aliphatic heterocycles. The molecule has 1 aromatic heterocycles. The molecule has 27 heavy (non-hydrogen) atoms. The van der Waals surface area contributed by atoms with Gasteiger partial charge in [0.2, 0.25) is 0 Å². The molecule has 1 heterocycles.